The standard InChI is InChI=1S/C20H26N4O/c1-15(20(25)24-17-11-6-3-7-12-17)23-18(16-9-4-2-5-10-16)19-21-13-8-14-22-19/h2,4-5,8-10,13-15,17-18,23H,3,6-7,11-12H2,1H3,(H,24,25)/t15-,18-/m0/s1. The number of hydrogen-bond acceptors (Lipinski definition) is 4. The molecule has 1 saturated carbocycles. The lowest BCUT2D eigenvalue weighted by Crippen LogP contribution is -2.48. The number of benzene rings is 1. The molecule has 1 aromatic heterocycles. The van der Waals surface area contributed by atoms with Crippen molar-refractivity contribution >= 4 is 5.91 Å². The van der Waals surface area contributed by atoms with E-state index in [0.717, 1.165) is 18.4 Å². The molecule has 132 valence electrons. The van der Waals surface area contributed by atoms with Crippen molar-refractivity contribution in [1.82, 2.24) is 20.6 Å². The van der Waals surface area contributed by atoms with Gasteiger partial charge in [0, 0.05) is 18.4 Å². The van der Waals surface area contributed by atoms with E-state index in [4.69, 9.17) is 0 Å². The molecular weight excluding hydrogens is 312 g/mol. The van der Waals surface area contributed by atoms with Crippen molar-refractivity contribution < 1.29 is 4.79 Å². The van der Waals surface area contributed by atoms with Crippen molar-refractivity contribution in [3.05, 3.63) is 60.2 Å². The average Bonchev–Trinajstić information content (AvgIpc) is 2.68. The van der Waals surface area contributed by atoms with Gasteiger partial charge < -0.3 is 5.32 Å². The molecule has 1 heterocycles. The van der Waals surface area contributed by atoms with Crippen LogP contribution in [0.1, 0.15) is 56.5 Å². The number of amides is 1. The molecule has 0 unspecified atom stereocenters. The van der Waals surface area contributed by atoms with E-state index in [-0.39, 0.29) is 18.0 Å². The molecule has 1 fully saturated rings. The molecule has 25 heavy (non-hydrogen) atoms. The summed E-state index contributed by atoms with van der Waals surface area (Å²) in [7, 11) is 0. The molecule has 0 spiro atoms. The monoisotopic (exact) mass is 338 g/mol. The highest BCUT2D eigenvalue weighted by Crippen LogP contribution is 2.20. The lowest BCUT2D eigenvalue weighted by Gasteiger charge is -2.26. The topological polar surface area (TPSA) is 66.9 Å². The van der Waals surface area contributed by atoms with Crippen LogP contribution in [0.2, 0.25) is 0 Å². The number of nitrogens with one attached hydrogen (secondary N) is 2. The first-order chi connectivity index (χ1) is 12.2. The second-order valence-electron chi connectivity index (χ2n) is 6.68. The van der Waals surface area contributed by atoms with Crippen molar-refractivity contribution in [1.29, 1.82) is 0 Å². The Balaban J connectivity index is 1.70. The predicted molar refractivity (Wildman–Crippen MR) is 97.9 cm³/mol. The van der Waals surface area contributed by atoms with E-state index in [9.17, 15) is 4.79 Å². The molecule has 2 atom stereocenters. The zero-order valence-corrected chi connectivity index (χ0v) is 14.7. The Morgan fingerprint density at radius 1 is 1.04 bits per heavy atom. The Morgan fingerprint density at radius 3 is 2.40 bits per heavy atom. The largest absolute Gasteiger partial charge is 0.352 e. The van der Waals surface area contributed by atoms with Crippen LogP contribution in [0.3, 0.4) is 0 Å². The molecule has 0 saturated heterocycles. The maximum absolute atomic E-state index is 12.6. The van der Waals surface area contributed by atoms with E-state index in [2.05, 4.69) is 20.6 Å². The maximum atomic E-state index is 12.6. The first-order valence-corrected chi connectivity index (χ1v) is 9.12. The van der Waals surface area contributed by atoms with Crippen LogP contribution in [0.4, 0.5) is 0 Å². The number of carbonyl (C=O) groups excluding carboxylic acids is 1. The van der Waals surface area contributed by atoms with Crippen molar-refractivity contribution in [3.8, 4) is 0 Å². The number of hydrogen-bond donors (Lipinski definition) is 2. The third-order valence-electron chi connectivity index (χ3n) is 4.74. The molecule has 0 radical (unpaired) electrons. The highest BCUT2D eigenvalue weighted by atomic mass is 16.2. The number of rotatable bonds is 6. The quantitative estimate of drug-likeness (QED) is 0.850. The van der Waals surface area contributed by atoms with Crippen LogP contribution in [-0.4, -0.2) is 28.0 Å². The summed E-state index contributed by atoms with van der Waals surface area (Å²) in [6, 6.07) is 11.6. The SMILES string of the molecule is C[C@H](N[C@@H](c1ccccc1)c1ncccn1)C(=O)NC1CCCCC1. The van der Waals surface area contributed by atoms with E-state index in [1.54, 1.807) is 18.5 Å². The van der Waals surface area contributed by atoms with E-state index in [1.807, 2.05) is 37.3 Å². The van der Waals surface area contributed by atoms with E-state index >= 15 is 0 Å². The van der Waals surface area contributed by atoms with Crippen molar-refractivity contribution in [2.45, 2.75) is 57.2 Å². The molecule has 5 heteroatoms. The van der Waals surface area contributed by atoms with E-state index in [0.29, 0.717) is 11.9 Å². The third-order valence-corrected chi connectivity index (χ3v) is 4.74. The zero-order valence-electron chi connectivity index (χ0n) is 14.7. The van der Waals surface area contributed by atoms with Crippen LogP contribution in [0.15, 0.2) is 48.8 Å². The summed E-state index contributed by atoms with van der Waals surface area (Å²) in [5.41, 5.74) is 1.05. The summed E-state index contributed by atoms with van der Waals surface area (Å²) < 4.78 is 0. The van der Waals surface area contributed by atoms with Crippen molar-refractivity contribution in [3.63, 3.8) is 0 Å². The third kappa shape index (κ3) is 4.86. The summed E-state index contributed by atoms with van der Waals surface area (Å²) in [6.45, 7) is 1.90. The van der Waals surface area contributed by atoms with Crippen LogP contribution in [0.5, 0.6) is 0 Å². The molecule has 5 nitrogen and oxygen atoms in total. The summed E-state index contributed by atoms with van der Waals surface area (Å²) >= 11 is 0. The average molecular weight is 338 g/mol. The van der Waals surface area contributed by atoms with Gasteiger partial charge in [0.25, 0.3) is 0 Å². The lowest BCUT2D eigenvalue weighted by atomic mass is 9.95. The second-order valence-corrected chi connectivity index (χ2v) is 6.68. The molecule has 2 N–H and O–H groups in total. The van der Waals surface area contributed by atoms with Crippen LogP contribution in [-0.2, 0) is 4.79 Å². The Labute approximate surface area is 149 Å². The van der Waals surface area contributed by atoms with Gasteiger partial charge in [0.2, 0.25) is 5.91 Å². The van der Waals surface area contributed by atoms with Crippen LogP contribution >= 0.6 is 0 Å². The van der Waals surface area contributed by atoms with Gasteiger partial charge in [0.05, 0.1) is 12.1 Å². The van der Waals surface area contributed by atoms with Crippen molar-refractivity contribution in [2.24, 2.45) is 0 Å². The first kappa shape index (κ1) is 17.5. The smallest absolute Gasteiger partial charge is 0.237 e. The minimum atomic E-state index is -0.323. The van der Waals surface area contributed by atoms with Gasteiger partial charge in [-0.25, -0.2) is 9.97 Å². The minimum absolute atomic E-state index is 0.0452. The van der Waals surface area contributed by atoms with Gasteiger partial charge in [-0.3, -0.25) is 10.1 Å². The Morgan fingerprint density at radius 2 is 1.72 bits per heavy atom. The summed E-state index contributed by atoms with van der Waals surface area (Å²) in [4.78, 5) is 21.4. The van der Waals surface area contributed by atoms with Crippen LogP contribution in [0, 0.1) is 0 Å². The fraction of sp³-hybridized carbons (Fsp3) is 0.450. The second kappa shape index (κ2) is 8.72. The summed E-state index contributed by atoms with van der Waals surface area (Å²) in [6.07, 6.45) is 9.32. The summed E-state index contributed by atoms with van der Waals surface area (Å²) in [5, 5.41) is 6.59. The molecule has 1 aliphatic rings. The Hall–Kier alpha value is -2.27. The van der Waals surface area contributed by atoms with Gasteiger partial charge in [0.1, 0.15) is 5.82 Å². The fourth-order valence-electron chi connectivity index (χ4n) is 3.32. The molecule has 0 bridgehead atoms. The van der Waals surface area contributed by atoms with Gasteiger partial charge in [-0.2, -0.15) is 0 Å². The van der Waals surface area contributed by atoms with E-state index in [1.165, 1.54) is 19.3 Å². The molecule has 1 aliphatic carbocycles. The van der Waals surface area contributed by atoms with Gasteiger partial charge in [0.15, 0.2) is 0 Å². The number of carbonyl (C=O) groups is 1. The minimum Gasteiger partial charge on any atom is -0.352 e. The van der Waals surface area contributed by atoms with Crippen LogP contribution in [0.25, 0.3) is 0 Å². The van der Waals surface area contributed by atoms with E-state index < -0.39 is 0 Å². The highest BCUT2D eigenvalue weighted by molar-refractivity contribution is 5.81. The van der Waals surface area contributed by atoms with Crippen LogP contribution < -0.4 is 10.6 Å². The molecule has 2 aromatic rings. The number of nitrogens with zero attached hydrogens (tertiary/aromatic N) is 2. The maximum Gasteiger partial charge on any atom is 0.237 e. The number of aromatic nitrogens is 2. The molecule has 0 aliphatic heterocycles. The summed E-state index contributed by atoms with van der Waals surface area (Å²) in [5.74, 6) is 0.717. The van der Waals surface area contributed by atoms with Gasteiger partial charge in [-0.1, -0.05) is 49.6 Å². The van der Waals surface area contributed by atoms with Gasteiger partial charge in [-0.05, 0) is 31.4 Å². The normalized spacial score (nSPS) is 17.6. The molecule has 3 rings (SSSR count). The molecule has 1 amide bonds. The van der Waals surface area contributed by atoms with Gasteiger partial charge in [-0.15, -0.1) is 0 Å². The highest BCUT2D eigenvalue weighted by Gasteiger charge is 2.24. The molecule has 1 aromatic carbocycles. The molecular formula is C20H26N4O. The Bertz CT molecular complexity index is 616. The zero-order chi connectivity index (χ0) is 17.5. The predicted octanol–water partition coefficient (Wildman–Crippen LogP) is 2.99. The van der Waals surface area contributed by atoms with Crippen molar-refractivity contribution in [2.75, 3.05) is 0 Å². The van der Waals surface area contributed by atoms with Gasteiger partial charge >= 0.3 is 0 Å². The lowest BCUT2D eigenvalue weighted by molar-refractivity contribution is -0.123. The first-order valence-electron chi connectivity index (χ1n) is 9.12. The Kier molecular flexibility index (Phi) is 6.12. The fourth-order valence-corrected chi connectivity index (χ4v) is 3.32.